The van der Waals surface area contributed by atoms with E-state index < -0.39 is 28.0 Å². The second-order valence-corrected chi connectivity index (χ2v) is 7.02. The Kier molecular flexibility index (Phi) is 4.71. The highest BCUT2D eigenvalue weighted by Crippen LogP contribution is 2.26. The Bertz CT molecular complexity index is 555. The zero-order valence-corrected chi connectivity index (χ0v) is 12.5. The molecule has 0 aliphatic heterocycles. The molecule has 1 rings (SSSR count). The highest BCUT2D eigenvalue weighted by atomic mass is 32.2. The standard InChI is InChI=1S/C13H20FNO3S/c1-5-13(2,3)15(4)19(17,18)11-6-7-12(14)10(8-11)9-16/h6-8,16H,5,9H2,1-4H3. The summed E-state index contributed by atoms with van der Waals surface area (Å²) in [5, 5.41) is 9.00. The number of hydrogen-bond acceptors (Lipinski definition) is 3. The molecule has 1 N–H and O–H groups in total. The normalized spacial score (nSPS) is 13.0. The lowest BCUT2D eigenvalue weighted by atomic mass is 10.0. The van der Waals surface area contributed by atoms with Crippen LogP contribution in [0.25, 0.3) is 0 Å². The maximum Gasteiger partial charge on any atom is 0.243 e. The number of aliphatic hydroxyl groups is 1. The van der Waals surface area contributed by atoms with Gasteiger partial charge in [0.2, 0.25) is 10.0 Å². The van der Waals surface area contributed by atoms with Crippen LogP contribution in [0.2, 0.25) is 0 Å². The lowest BCUT2D eigenvalue weighted by molar-refractivity contribution is 0.257. The van der Waals surface area contributed by atoms with Crippen molar-refractivity contribution in [3.63, 3.8) is 0 Å². The second kappa shape index (κ2) is 5.56. The van der Waals surface area contributed by atoms with Crippen LogP contribution in [0.15, 0.2) is 23.1 Å². The molecule has 1 aromatic rings. The van der Waals surface area contributed by atoms with Gasteiger partial charge < -0.3 is 5.11 Å². The third-order valence-electron chi connectivity index (χ3n) is 3.56. The van der Waals surface area contributed by atoms with Gasteiger partial charge in [-0.05, 0) is 38.5 Å². The van der Waals surface area contributed by atoms with Crippen LogP contribution in [-0.2, 0) is 16.6 Å². The lowest BCUT2D eigenvalue weighted by Gasteiger charge is -2.33. The highest BCUT2D eigenvalue weighted by Gasteiger charge is 2.32. The Morgan fingerprint density at radius 2 is 1.95 bits per heavy atom. The van der Waals surface area contributed by atoms with E-state index in [-0.39, 0.29) is 10.5 Å². The van der Waals surface area contributed by atoms with Crippen LogP contribution in [-0.4, -0.2) is 30.4 Å². The zero-order chi connectivity index (χ0) is 14.8. The minimum Gasteiger partial charge on any atom is -0.392 e. The summed E-state index contributed by atoms with van der Waals surface area (Å²) in [7, 11) is -2.20. The molecule has 0 atom stereocenters. The topological polar surface area (TPSA) is 57.6 Å². The summed E-state index contributed by atoms with van der Waals surface area (Å²) in [6, 6.07) is 3.45. The fraction of sp³-hybridized carbons (Fsp3) is 0.538. The van der Waals surface area contributed by atoms with Crippen molar-refractivity contribution in [3.8, 4) is 0 Å². The minimum absolute atomic E-state index is 0.0121. The molecule has 19 heavy (non-hydrogen) atoms. The average molecular weight is 289 g/mol. The molecule has 0 aromatic heterocycles. The molecule has 0 saturated heterocycles. The van der Waals surface area contributed by atoms with Crippen molar-refractivity contribution < 1.29 is 17.9 Å². The number of sulfonamides is 1. The number of benzene rings is 1. The van der Waals surface area contributed by atoms with Crippen molar-refractivity contribution in [2.75, 3.05) is 7.05 Å². The summed E-state index contributed by atoms with van der Waals surface area (Å²) >= 11 is 0. The summed E-state index contributed by atoms with van der Waals surface area (Å²) in [4.78, 5) is -0.0121. The summed E-state index contributed by atoms with van der Waals surface area (Å²) in [6.45, 7) is 5.01. The van der Waals surface area contributed by atoms with Gasteiger partial charge in [-0.2, -0.15) is 4.31 Å². The predicted octanol–water partition coefficient (Wildman–Crippen LogP) is 2.13. The maximum atomic E-state index is 13.3. The highest BCUT2D eigenvalue weighted by molar-refractivity contribution is 7.89. The molecule has 108 valence electrons. The lowest BCUT2D eigenvalue weighted by Crippen LogP contribution is -2.44. The number of nitrogens with zero attached hydrogens (tertiary/aromatic N) is 1. The van der Waals surface area contributed by atoms with Crippen molar-refractivity contribution in [3.05, 3.63) is 29.6 Å². The van der Waals surface area contributed by atoms with Crippen LogP contribution in [0.1, 0.15) is 32.8 Å². The smallest absolute Gasteiger partial charge is 0.243 e. The predicted molar refractivity (Wildman–Crippen MR) is 71.6 cm³/mol. The molecule has 4 nitrogen and oxygen atoms in total. The summed E-state index contributed by atoms with van der Waals surface area (Å²) in [5.41, 5.74) is -0.559. The first kappa shape index (κ1) is 16.1. The molecule has 0 aliphatic carbocycles. The van der Waals surface area contributed by atoms with Gasteiger partial charge in [0.05, 0.1) is 11.5 Å². The maximum absolute atomic E-state index is 13.3. The van der Waals surface area contributed by atoms with Crippen LogP contribution in [0.5, 0.6) is 0 Å². The van der Waals surface area contributed by atoms with Gasteiger partial charge >= 0.3 is 0 Å². The van der Waals surface area contributed by atoms with Crippen molar-refractivity contribution in [2.45, 2.75) is 44.2 Å². The van der Waals surface area contributed by atoms with Crippen LogP contribution in [0.4, 0.5) is 4.39 Å². The molecule has 0 fully saturated rings. The van der Waals surface area contributed by atoms with Gasteiger partial charge in [-0.3, -0.25) is 0 Å². The number of halogens is 1. The van der Waals surface area contributed by atoms with E-state index in [4.69, 9.17) is 5.11 Å². The van der Waals surface area contributed by atoms with Crippen molar-refractivity contribution in [2.24, 2.45) is 0 Å². The quantitative estimate of drug-likeness (QED) is 0.903. The van der Waals surface area contributed by atoms with Crippen molar-refractivity contribution in [1.82, 2.24) is 4.31 Å². The molecule has 6 heteroatoms. The van der Waals surface area contributed by atoms with E-state index in [0.29, 0.717) is 6.42 Å². The van der Waals surface area contributed by atoms with E-state index in [2.05, 4.69) is 0 Å². The van der Waals surface area contributed by atoms with Gasteiger partial charge in [0, 0.05) is 18.2 Å². The van der Waals surface area contributed by atoms with Crippen molar-refractivity contribution in [1.29, 1.82) is 0 Å². The van der Waals surface area contributed by atoms with E-state index in [1.165, 1.54) is 23.5 Å². The number of hydrogen-bond donors (Lipinski definition) is 1. The Morgan fingerprint density at radius 3 is 2.42 bits per heavy atom. The van der Waals surface area contributed by atoms with E-state index in [1.54, 1.807) is 0 Å². The summed E-state index contributed by atoms with van der Waals surface area (Å²) in [5.74, 6) is -0.612. The van der Waals surface area contributed by atoms with Gasteiger partial charge in [0.15, 0.2) is 0 Å². The summed E-state index contributed by atoms with van der Waals surface area (Å²) in [6.07, 6.45) is 0.650. The minimum atomic E-state index is -3.70. The number of aliphatic hydroxyl groups excluding tert-OH is 1. The molecule has 0 bridgehead atoms. The molecule has 0 saturated carbocycles. The Balaban J connectivity index is 3.28. The van der Waals surface area contributed by atoms with Gasteiger partial charge in [0.1, 0.15) is 5.82 Å². The fourth-order valence-corrected chi connectivity index (χ4v) is 3.17. The molecule has 0 radical (unpaired) electrons. The second-order valence-electron chi connectivity index (χ2n) is 5.05. The SMILES string of the molecule is CCC(C)(C)N(C)S(=O)(=O)c1ccc(F)c(CO)c1. The van der Waals surface area contributed by atoms with Crippen LogP contribution >= 0.6 is 0 Å². The Morgan fingerprint density at radius 1 is 1.37 bits per heavy atom. The van der Waals surface area contributed by atoms with Gasteiger partial charge in [0.25, 0.3) is 0 Å². The van der Waals surface area contributed by atoms with Gasteiger partial charge in [-0.1, -0.05) is 6.92 Å². The van der Waals surface area contributed by atoms with Crippen LogP contribution in [0, 0.1) is 5.82 Å². The molecule has 0 heterocycles. The van der Waals surface area contributed by atoms with E-state index in [9.17, 15) is 12.8 Å². The first-order valence-corrected chi connectivity index (χ1v) is 7.49. The number of rotatable bonds is 5. The molecule has 0 spiro atoms. The third-order valence-corrected chi connectivity index (χ3v) is 5.63. The van der Waals surface area contributed by atoms with E-state index in [0.717, 1.165) is 6.07 Å². The largest absolute Gasteiger partial charge is 0.392 e. The molecular weight excluding hydrogens is 269 g/mol. The molecule has 1 aromatic carbocycles. The van der Waals surface area contributed by atoms with Crippen LogP contribution < -0.4 is 0 Å². The average Bonchev–Trinajstić information content (AvgIpc) is 2.38. The zero-order valence-electron chi connectivity index (χ0n) is 11.6. The fourth-order valence-electron chi connectivity index (χ4n) is 1.54. The first-order chi connectivity index (χ1) is 8.66. The molecular formula is C13H20FNO3S. The van der Waals surface area contributed by atoms with Crippen LogP contribution in [0.3, 0.4) is 0 Å². The summed E-state index contributed by atoms with van der Waals surface area (Å²) < 4.78 is 39.4. The monoisotopic (exact) mass is 289 g/mol. The Labute approximate surface area is 113 Å². The van der Waals surface area contributed by atoms with Gasteiger partial charge in [-0.15, -0.1) is 0 Å². The molecule has 0 aliphatic rings. The molecule has 0 amide bonds. The third kappa shape index (κ3) is 3.13. The van der Waals surface area contributed by atoms with Gasteiger partial charge in [-0.25, -0.2) is 12.8 Å². The van der Waals surface area contributed by atoms with Crippen molar-refractivity contribution >= 4 is 10.0 Å². The molecule has 0 unspecified atom stereocenters. The first-order valence-electron chi connectivity index (χ1n) is 6.05. The van der Waals surface area contributed by atoms with E-state index in [1.807, 2.05) is 20.8 Å². The van der Waals surface area contributed by atoms with E-state index >= 15 is 0 Å². The Hall–Kier alpha value is -0.980.